The molecule has 0 aliphatic carbocycles. The van der Waals surface area contributed by atoms with Crippen molar-refractivity contribution < 1.29 is 28.9 Å². The number of β-lactam (4-membered cyclic amide) rings is 1. The van der Waals surface area contributed by atoms with Gasteiger partial charge >= 0.3 is 0 Å². The van der Waals surface area contributed by atoms with Crippen LogP contribution in [-0.2, 0) is 26.3 Å². The summed E-state index contributed by atoms with van der Waals surface area (Å²) >= 11 is 4.77. The van der Waals surface area contributed by atoms with Crippen molar-refractivity contribution in [2.24, 2.45) is 12.2 Å². The molecule has 39 heavy (non-hydrogen) atoms. The molecule has 3 N–H and O–H groups in total. The molecule has 2 aliphatic rings. The maximum atomic E-state index is 13.1. The highest BCUT2D eigenvalue weighted by atomic mass is 32.2. The molecule has 2 aliphatic heterocycles. The van der Waals surface area contributed by atoms with Gasteiger partial charge in [0.05, 0.1) is 17.4 Å². The molecule has 1 saturated heterocycles. The van der Waals surface area contributed by atoms with E-state index in [1.807, 2.05) is 41.5 Å². The first kappa shape index (κ1) is 27.0. The predicted octanol–water partition coefficient (Wildman–Crippen LogP) is -0.0374. The van der Waals surface area contributed by atoms with E-state index in [1.54, 1.807) is 6.92 Å². The number of thioether (sulfide) groups is 2. The summed E-state index contributed by atoms with van der Waals surface area (Å²) in [6.45, 7) is 1.88. The number of hydrogen-bond donors (Lipinski definition) is 2. The van der Waals surface area contributed by atoms with Crippen molar-refractivity contribution in [2.75, 3.05) is 18.1 Å². The number of aromatic nitrogens is 4. The summed E-state index contributed by atoms with van der Waals surface area (Å²) in [7, 11) is 1.92. The minimum absolute atomic E-state index is 0.0374. The number of nitrogens with two attached hydrogens (primary N) is 1. The Bertz CT molecular complexity index is 1500. The van der Waals surface area contributed by atoms with E-state index in [2.05, 4.69) is 24.8 Å². The minimum Gasteiger partial charge on any atom is -0.543 e. The maximum Gasteiger partial charge on any atom is 0.278 e. The van der Waals surface area contributed by atoms with Gasteiger partial charge in [-0.3, -0.25) is 14.5 Å². The zero-order valence-electron chi connectivity index (χ0n) is 20.4. The van der Waals surface area contributed by atoms with Crippen LogP contribution in [0, 0.1) is 0 Å². The van der Waals surface area contributed by atoms with E-state index < -0.39 is 29.2 Å². The van der Waals surface area contributed by atoms with E-state index in [-0.39, 0.29) is 34.7 Å². The average Bonchev–Trinajstić information content (AvgIpc) is 3.56. The van der Waals surface area contributed by atoms with Crippen LogP contribution >= 0.6 is 46.4 Å². The number of aliphatic carboxylic acids is 1. The van der Waals surface area contributed by atoms with Crippen molar-refractivity contribution in [2.45, 2.75) is 22.7 Å². The lowest BCUT2D eigenvalue weighted by atomic mass is 10.0. The van der Waals surface area contributed by atoms with Crippen molar-refractivity contribution in [3.8, 4) is 11.3 Å². The number of thiazole rings is 1. The number of pyridine rings is 1. The molecule has 0 bridgehead atoms. The molecule has 0 radical (unpaired) electrons. The van der Waals surface area contributed by atoms with Crippen LogP contribution in [0.1, 0.15) is 12.7 Å². The van der Waals surface area contributed by atoms with Crippen molar-refractivity contribution in [3.05, 3.63) is 46.3 Å². The molecule has 1 fully saturated rings. The molecule has 2 atom stereocenters. The third-order valence-corrected chi connectivity index (χ3v) is 9.56. The summed E-state index contributed by atoms with van der Waals surface area (Å²) in [6.07, 6.45) is 3.82. The van der Waals surface area contributed by atoms with Crippen molar-refractivity contribution in [3.63, 3.8) is 0 Å². The van der Waals surface area contributed by atoms with Crippen LogP contribution in [0.4, 0.5) is 5.13 Å². The van der Waals surface area contributed by atoms with E-state index in [1.165, 1.54) is 34.9 Å². The van der Waals surface area contributed by atoms with Crippen molar-refractivity contribution in [1.82, 2.24) is 24.6 Å². The van der Waals surface area contributed by atoms with Gasteiger partial charge in [0.2, 0.25) is 11.5 Å². The standard InChI is InChI=1S/C22H20N8O5S4/c1-3-35-27-13(16-26-21(23)39-28-16)17(31)25-14-18(32)30-15(20(33)34)12(9-36-19(14)30)38-22-24-11(8-37-22)10-4-6-29(2)7-5-10/h4-8,14,19H,3,9H2,1-2H3,(H3-,23,25,26,28,31,33,34)/b27-13+/t14-,19-/m1/s1. The Morgan fingerprint density at radius 1 is 1.36 bits per heavy atom. The van der Waals surface area contributed by atoms with Gasteiger partial charge in [0, 0.05) is 45.3 Å². The molecule has 5 rings (SSSR count). The van der Waals surface area contributed by atoms with Crippen LogP contribution in [-0.4, -0.2) is 66.5 Å². The number of aryl methyl sites for hydroxylation is 1. The van der Waals surface area contributed by atoms with Crippen molar-refractivity contribution >= 4 is 75.0 Å². The fourth-order valence-corrected chi connectivity index (χ4v) is 7.62. The van der Waals surface area contributed by atoms with Crippen LogP contribution in [0.5, 0.6) is 0 Å². The van der Waals surface area contributed by atoms with Gasteiger partial charge in [-0.2, -0.15) is 9.36 Å². The Labute approximate surface area is 238 Å². The Balaban J connectivity index is 1.32. The number of nitrogens with zero attached hydrogens (tertiary/aromatic N) is 6. The Morgan fingerprint density at radius 2 is 2.13 bits per heavy atom. The Morgan fingerprint density at radius 3 is 2.79 bits per heavy atom. The molecule has 3 aromatic heterocycles. The van der Waals surface area contributed by atoms with Crippen LogP contribution < -0.4 is 20.7 Å². The number of hydrogen-bond acceptors (Lipinski definition) is 14. The van der Waals surface area contributed by atoms with Gasteiger partial charge in [0.25, 0.3) is 11.8 Å². The van der Waals surface area contributed by atoms with E-state index in [9.17, 15) is 19.5 Å². The molecule has 0 unspecified atom stereocenters. The number of carbonyl (C=O) groups is 3. The summed E-state index contributed by atoms with van der Waals surface area (Å²) in [5.74, 6) is -2.56. The van der Waals surface area contributed by atoms with Gasteiger partial charge in [-0.25, -0.2) is 9.55 Å². The maximum absolute atomic E-state index is 13.1. The third-order valence-electron chi connectivity index (χ3n) is 5.53. The second-order valence-corrected chi connectivity index (χ2v) is 12.2. The average molecular weight is 605 g/mol. The molecular formula is C22H20N8O5S4. The highest BCUT2D eigenvalue weighted by Gasteiger charge is 2.53. The normalized spacial score (nSPS) is 19.0. The lowest BCUT2D eigenvalue weighted by Gasteiger charge is -2.50. The summed E-state index contributed by atoms with van der Waals surface area (Å²) in [5.41, 5.74) is 6.86. The quantitative estimate of drug-likeness (QED) is 0.145. The number of carboxylic acids is 1. The number of fused-ring (bicyclic) bond motifs is 1. The second kappa shape index (κ2) is 11.3. The lowest BCUT2D eigenvalue weighted by Crippen LogP contribution is -2.71. The number of anilines is 1. The van der Waals surface area contributed by atoms with Gasteiger partial charge < -0.3 is 25.8 Å². The summed E-state index contributed by atoms with van der Waals surface area (Å²) < 4.78 is 6.53. The summed E-state index contributed by atoms with van der Waals surface area (Å²) in [4.78, 5) is 53.3. The molecule has 3 aromatic rings. The van der Waals surface area contributed by atoms with Gasteiger partial charge in [-0.05, 0) is 6.92 Å². The molecule has 0 saturated carbocycles. The first-order valence-electron chi connectivity index (χ1n) is 11.4. The zero-order valence-corrected chi connectivity index (χ0v) is 23.7. The summed E-state index contributed by atoms with van der Waals surface area (Å²) in [6, 6.07) is 2.89. The second-order valence-electron chi connectivity index (χ2n) is 8.09. The third kappa shape index (κ3) is 5.47. The minimum atomic E-state index is -1.48. The molecule has 5 heterocycles. The van der Waals surface area contributed by atoms with Gasteiger partial charge in [0.1, 0.15) is 25.1 Å². The van der Waals surface area contributed by atoms with E-state index in [4.69, 9.17) is 10.6 Å². The molecule has 202 valence electrons. The number of oxime groups is 1. The molecule has 0 aromatic carbocycles. The molecule has 2 amide bonds. The fraction of sp³-hybridized carbons (Fsp3) is 0.273. The van der Waals surface area contributed by atoms with E-state index in [0.29, 0.717) is 9.24 Å². The van der Waals surface area contributed by atoms with Crippen LogP contribution in [0.15, 0.2) is 50.0 Å². The zero-order chi connectivity index (χ0) is 27.7. The molecule has 17 heteroatoms. The summed E-state index contributed by atoms with van der Waals surface area (Å²) in [5, 5.41) is 19.9. The van der Waals surface area contributed by atoms with Crippen LogP contribution in [0.25, 0.3) is 11.3 Å². The number of nitrogens with one attached hydrogen (secondary N) is 1. The fourth-order valence-electron chi connectivity index (χ4n) is 3.73. The van der Waals surface area contributed by atoms with Crippen LogP contribution in [0.3, 0.4) is 0 Å². The Kier molecular flexibility index (Phi) is 7.83. The largest absolute Gasteiger partial charge is 0.543 e. The Hall–Kier alpha value is -3.54. The SMILES string of the molecule is CCO/N=C(/C(=O)N[C@@H]1C(=O)N2C(C(=O)[O-])=C(Sc3nc(-c4cc[n+](C)cc4)cs3)CS[C@H]12)c1nsc(N)n1. The van der Waals surface area contributed by atoms with Gasteiger partial charge in [-0.1, -0.05) is 16.9 Å². The molecule has 13 nitrogen and oxygen atoms in total. The number of rotatable bonds is 9. The number of amides is 2. The number of nitrogen functional groups attached to an aromatic ring is 1. The van der Waals surface area contributed by atoms with Crippen molar-refractivity contribution in [1.29, 1.82) is 0 Å². The van der Waals surface area contributed by atoms with Crippen LogP contribution in [0.2, 0.25) is 0 Å². The number of carbonyl (C=O) groups excluding carboxylic acids is 3. The molecule has 0 spiro atoms. The number of carboxylic acid groups (broad SMARTS) is 1. The highest BCUT2D eigenvalue weighted by molar-refractivity contribution is 8.07. The first-order chi connectivity index (χ1) is 18.8. The lowest BCUT2D eigenvalue weighted by molar-refractivity contribution is -0.671. The van der Waals surface area contributed by atoms with Gasteiger partial charge in [0.15, 0.2) is 21.9 Å². The highest BCUT2D eigenvalue weighted by Crippen LogP contribution is 2.45. The van der Waals surface area contributed by atoms with E-state index >= 15 is 0 Å². The predicted molar refractivity (Wildman–Crippen MR) is 144 cm³/mol. The molecular weight excluding hydrogens is 585 g/mol. The smallest absolute Gasteiger partial charge is 0.278 e. The first-order valence-corrected chi connectivity index (χ1v) is 14.9. The van der Waals surface area contributed by atoms with Gasteiger partial charge in [-0.15, -0.1) is 23.1 Å². The van der Waals surface area contributed by atoms with E-state index in [0.717, 1.165) is 27.7 Å². The monoisotopic (exact) mass is 604 g/mol. The topological polar surface area (TPSA) is 180 Å².